The Balaban J connectivity index is 1.62. The summed E-state index contributed by atoms with van der Waals surface area (Å²) >= 11 is 0. The predicted molar refractivity (Wildman–Crippen MR) is 108 cm³/mol. The SMILES string of the molecule is Cc1ccc(S(=O)(=O)N2CCCCC2)cc1C(=O)Nc1nc2ccccc2[nH]1. The number of amides is 1. The fourth-order valence-corrected chi connectivity index (χ4v) is 4.99. The van der Waals surface area contributed by atoms with Crippen LogP contribution in [0.2, 0.25) is 0 Å². The molecule has 0 saturated carbocycles. The van der Waals surface area contributed by atoms with Crippen LogP contribution >= 0.6 is 0 Å². The summed E-state index contributed by atoms with van der Waals surface area (Å²) in [5, 5.41) is 2.73. The van der Waals surface area contributed by atoms with Crippen LogP contribution in [-0.4, -0.2) is 41.7 Å². The largest absolute Gasteiger partial charge is 0.324 e. The lowest BCUT2D eigenvalue weighted by Crippen LogP contribution is -2.35. The van der Waals surface area contributed by atoms with Gasteiger partial charge in [0.25, 0.3) is 5.91 Å². The fourth-order valence-electron chi connectivity index (χ4n) is 3.45. The summed E-state index contributed by atoms with van der Waals surface area (Å²) in [4.78, 5) is 20.3. The average Bonchev–Trinajstić information content (AvgIpc) is 3.11. The number of fused-ring (bicyclic) bond motifs is 1. The Morgan fingerprint density at radius 2 is 1.86 bits per heavy atom. The van der Waals surface area contributed by atoms with E-state index in [1.165, 1.54) is 10.4 Å². The van der Waals surface area contributed by atoms with E-state index in [1.807, 2.05) is 24.3 Å². The van der Waals surface area contributed by atoms with Gasteiger partial charge in [0.05, 0.1) is 15.9 Å². The van der Waals surface area contributed by atoms with Gasteiger partial charge in [0, 0.05) is 18.7 Å². The second kappa shape index (κ2) is 7.37. The fraction of sp³-hybridized carbons (Fsp3) is 0.300. The quantitative estimate of drug-likeness (QED) is 0.705. The number of carbonyl (C=O) groups is 1. The van der Waals surface area contributed by atoms with Crippen molar-refractivity contribution in [2.45, 2.75) is 31.1 Å². The minimum absolute atomic E-state index is 0.148. The number of imidazole rings is 1. The molecule has 0 bridgehead atoms. The first-order chi connectivity index (χ1) is 13.4. The van der Waals surface area contributed by atoms with Gasteiger partial charge in [-0.2, -0.15) is 4.31 Å². The van der Waals surface area contributed by atoms with Gasteiger partial charge < -0.3 is 4.98 Å². The topological polar surface area (TPSA) is 95.2 Å². The number of piperidine rings is 1. The number of hydrogen-bond donors (Lipinski definition) is 2. The van der Waals surface area contributed by atoms with E-state index in [0.717, 1.165) is 30.3 Å². The van der Waals surface area contributed by atoms with E-state index in [2.05, 4.69) is 15.3 Å². The molecule has 8 heteroatoms. The Kier molecular flexibility index (Phi) is 4.91. The summed E-state index contributed by atoms with van der Waals surface area (Å²) in [6, 6.07) is 12.2. The van der Waals surface area contributed by atoms with Gasteiger partial charge in [0.2, 0.25) is 16.0 Å². The van der Waals surface area contributed by atoms with Crippen molar-refractivity contribution in [2.75, 3.05) is 18.4 Å². The normalized spacial score (nSPS) is 15.6. The van der Waals surface area contributed by atoms with Crippen molar-refractivity contribution in [3.05, 3.63) is 53.6 Å². The molecule has 28 heavy (non-hydrogen) atoms. The van der Waals surface area contributed by atoms with Crippen LogP contribution in [0, 0.1) is 6.92 Å². The Hall–Kier alpha value is -2.71. The first-order valence-electron chi connectivity index (χ1n) is 9.32. The molecule has 1 fully saturated rings. The standard InChI is InChI=1S/C20H22N4O3S/c1-14-9-10-15(28(26,27)24-11-5-2-6-12-24)13-16(14)19(25)23-20-21-17-7-3-4-8-18(17)22-20/h3-4,7-10,13H,2,5-6,11-12H2,1H3,(H2,21,22,23,25). The molecule has 0 unspecified atom stereocenters. The molecular weight excluding hydrogens is 376 g/mol. The van der Waals surface area contributed by atoms with Crippen molar-refractivity contribution < 1.29 is 13.2 Å². The number of carbonyl (C=O) groups excluding carboxylic acids is 1. The summed E-state index contributed by atoms with van der Waals surface area (Å²) in [6.45, 7) is 2.83. The highest BCUT2D eigenvalue weighted by Crippen LogP contribution is 2.23. The molecule has 3 aromatic rings. The van der Waals surface area contributed by atoms with Gasteiger partial charge in [0.1, 0.15) is 0 Å². The number of nitrogens with zero attached hydrogens (tertiary/aromatic N) is 2. The van der Waals surface area contributed by atoms with Crippen LogP contribution < -0.4 is 5.32 Å². The number of H-pyrrole nitrogens is 1. The second-order valence-corrected chi connectivity index (χ2v) is 8.94. The first kappa shape index (κ1) is 18.6. The van der Waals surface area contributed by atoms with Crippen LogP contribution in [0.15, 0.2) is 47.4 Å². The third-order valence-electron chi connectivity index (χ3n) is 5.03. The van der Waals surface area contributed by atoms with Crippen molar-refractivity contribution in [1.29, 1.82) is 0 Å². The number of rotatable bonds is 4. The highest BCUT2D eigenvalue weighted by atomic mass is 32.2. The van der Waals surface area contributed by atoms with E-state index in [-0.39, 0.29) is 4.90 Å². The van der Waals surface area contributed by atoms with Crippen molar-refractivity contribution in [1.82, 2.24) is 14.3 Å². The minimum atomic E-state index is -3.60. The van der Waals surface area contributed by atoms with Crippen LogP contribution in [-0.2, 0) is 10.0 Å². The molecular formula is C20H22N4O3S. The molecule has 2 N–H and O–H groups in total. The number of hydrogen-bond acceptors (Lipinski definition) is 4. The van der Waals surface area contributed by atoms with E-state index in [4.69, 9.17) is 0 Å². The molecule has 1 aliphatic heterocycles. The molecule has 7 nitrogen and oxygen atoms in total. The minimum Gasteiger partial charge on any atom is -0.324 e. The van der Waals surface area contributed by atoms with Gasteiger partial charge in [-0.1, -0.05) is 24.6 Å². The van der Waals surface area contributed by atoms with Crippen LogP contribution in [0.3, 0.4) is 0 Å². The maximum Gasteiger partial charge on any atom is 0.258 e. The second-order valence-electron chi connectivity index (χ2n) is 7.00. The van der Waals surface area contributed by atoms with E-state index in [9.17, 15) is 13.2 Å². The van der Waals surface area contributed by atoms with E-state index < -0.39 is 15.9 Å². The molecule has 0 spiro atoms. The highest BCUT2D eigenvalue weighted by Gasteiger charge is 2.27. The molecule has 0 aliphatic carbocycles. The monoisotopic (exact) mass is 398 g/mol. The number of aryl methyl sites for hydroxylation is 1. The average molecular weight is 398 g/mol. The number of aromatic amines is 1. The molecule has 146 valence electrons. The Bertz CT molecular complexity index is 1100. The molecule has 1 aliphatic rings. The van der Waals surface area contributed by atoms with Crippen LogP contribution in [0.5, 0.6) is 0 Å². The zero-order chi connectivity index (χ0) is 19.7. The summed E-state index contributed by atoms with van der Waals surface area (Å²) in [7, 11) is -3.60. The predicted octanol–water partition coefficient (Wildman–Crippen LogP) is 3.30. The van der Waals surface area contributed by atoms with Gasteiger partial charge in [-0.3, -0.25) is 10.1 Å². The van der Waals surface area contributed by atoms with Crippen LogP contribution in [0.1, 0.15) is 35.2 Å². The molecule has 0 atom stereocenters. The molecule has 1 aromatic heterocycles. The van der Waals surface area contributed by atoms with Gasteiger partial charge in [-0.25, -0.2) is 13.4 Å². The molecule has 1 amide bonds. The molecule has 4 rings (SSSR count). The summed E-state index contributed by atoms with van der Waals surface area (Å²) in [5.74, 6) is -0.0675. The van der Waals surface area contributed by atoms with Crippen molar-refractivity contribution >= 4 is 32.9 Å². The molecule has 2 heterocycles. The zero-order valence-electron chi connectivity index (χ0n) is 15.6. The number of nitrogens with one attached hydrogen (secondary N) is 2. The summed E-state index contributed by atoms with van der Waals surface area (Å²) in [5.41, 5.74) is 2.58. The first-order valence-corrected chi connectivity index (χ1v) is 10.8. The number of anilines is 1. The number of para-hydroxylation sites is 2. The van der Waals surface area contributed by atoms with Gasteiger partial charge in [0.15, 0.2) is 0 Å². The van der Waals surface area contributed by atoms with Crippen molar-refractivity contribution in [3.63, 3.8) is 0 Å². The number of benzene rings is 2. The maximum atomic E-state index is 12.9. The summed E-state index contributed by atoms with van der Waals surface area (Å²) in [6.07, 6.45) is 2.78. The third kappa shape index (κ3) is 3.53. The van der Waals surface area contributed by atoms with Crippen LogP contribution in [0.4, 0.5) is 5.95 Å². The number of aromatic nitrogens is 2. The van der Waals surface area contributed by atoms with Crippen LogP contribution in [0.25, 0.3) is 11.0 Å². The summed E-state index contributed by atoms with van der Waals surface area (Å²) < 4.78 is 27.4. The van der Waals surface area contributed by atoms with E-state index in [0.29, 0.717) is 30.2 Å². The smallest absolute Gasteiger partial charge is 0.258 e. The van der Waals surface area contributed by atoms with Gasteiger partial charge in [-0.05, 0) is 49.6 Å². The van der Waals surface area contributed by atoms with Crippen molar-refractivity contribution in [3.8, 4) is 0 Å². The van der Waals surface area contributed by atoms with Gasteiger partial charge in [-0.15, -0.1) is 0 Å². The highest BCUT2D eigenvalue weighted by molar-refractivity contribution is 7.89. The van der Waals surface area contributed by atoms with E-state index >= 15 is 0 Å². The lowest BCUT2D eigenvalue weighted by atomic mass is 10.1. The molecule has 2 aromatic carbocycles. The lowest BCUT2D eigenvalue weighted by Gasteiger charge is -2.26. The third-order valence-corrected chi connectivity index (χ3v) is 6.92. The zero-order valence-corrected chi connectivity index (χ0v) is 16.4. The maximum absolute atomic E-state index is 12.9. The Labute approximate surface area is 163 Å². The Morgan fingerprint density at radius 3 is 2.61 bits per heavy atom. The van der Waals surface area contributed by atoms with Gasteiger partial charge >= 0.3 is 0 Å². The Morgan fingerprint density at radius 1 is 1.11 bits per heavy atom. The molecule has 0 radical (unpaired) electrons. The number of sulfonamides is 1. The van der Waals surface area contributed by atoms with E-state index in [1.54, 1.807) is 19.1 Å². The lowest BCUT2D eigenvalue weighted by molar-refractivity contribution is 0.102. The van der Waals surface area contributed by atoms with Crippen molar-refractivity contribution in [2.24, 2.45) is 0 Å². The molecule has 1 saturated heterocycles.